The van der Waals surface area contributed by atoms with E-state index < -0.39 is 5.60 Å². The molecule has 1 aromatic rings. The minimum atomic E-state index is -0.497. The molecule has 1 fully saturated rings. The van der Waals surface area contributed by atoms with Gasteiger partial charge in [-0.3, -0.25) is 9.59 Å². The lowest BCUT2D eigenvalue weighted by molar-refractivity contribution is 0.0161. The van der Waals surface area contributed by atoms with Crippen LogP contribution in [0.15, 0.2) is 0 Å². The van der Waals surface area contributed by atoms with Gasteiger partial charge in [-0.2, -0.15) is 0 Å². The minimum absolute atomic E-state index is 0.0465. The second-order valence-corrected chi connectivity index (χ2v) is 8.66. The maximum absolute atomic E-state index is 12.5. The van der Waals surface area contributed by atoms with Crippen LogP contribution in [-0.4, -0.2) is 52.9 Å². The maximum Gasteiger partial charge on any atom is 0.410 e. The number of rotatable bonds is 5. The van der Waals surface area contributed by atoms with E-state index in [2.05, 4.69) is 10.3 Å². The number of ether oxygens (including phenoxy) is 1. The van der Waals surface area contributed by atoms with E-state index in [1.165, 1.54) is 6.92 Å². The fourth-order valence-electron chi connectivity index (χ4n) is 3.78. The first-order chi connectivity index (χ1) is 13.0. The summed E-state index contributed by atoms with van der Waals surface area (Å²) >= 11 is 0. The molecule has 2 amide bonds. The van der Waals surface area contributed by atoms with Gasteiger partial charge in [0.25, 0.3) is 5.91 Å². The number of aromatic amines is 1. The molecule has 2 N–H and O–H groups in total. The highest BCUT2D eigenvalue weighted by molar-refractivity contribution is 6.02. The summed E-state index contributed by atoms with van der Waals surface area (Å²) in [4.78, 5) is 41.3. The van der Waals surface area contributed by atoms with Crippen molar-refractivity contribution in [2.24, 2.45) is 5.92 Å². The molecule has 0 aliphatic carbocycles. The van der Waals surface area contributed by atoms with Crippen LogP contribution >= 0.6 is 0 Å². The monoisotopic (exact) mass is 391 g/mol. The van der Waals surface area contributed by atoms with E-state index in [0.717, 1.165) is 25.0 Å². The second-order valence-electron chi connectivity index (χ2n) is 8.66. The molecule has 0 spiro atoms. The van der Waals surface area contributed by atoms with Gasteiger partial charge >= 0.3 is 6.09 Å². The lowest BCUT2D eigenvalue weighted by Gasteiger charge is -2.34. The van der Waals surface area contributed by atoms with E-state index in [1.807, 2.05) is 20.8 Å². The van der Waals surface area contributed by atoms with Crippen LogP contribution in [0.4, 0.5) is 4.79 Å². The number of aromatic nitrogens is 1. The lowest BCUT2D eigenvalue weighted by atomic mass is 9.95. The van der Waals surface area contributed by atoms with Crippen molar-refractivity contribution in [3.8, 4) is 0 Å². The van der Waals surface area contributed by atoms with Crippen molar-refractivity contribution in [2.45, 2.75) is 66.4 Å². The molecule has 0 bridgehead atoms. The smallest absolute Gasteiger partial charge is 0.410 e. The standard InChI is InChI=1S/C21H33N3O4/c1-13-17(15(3)25)14(2)23-18(13)19(26)22-10-9-16-8-7-11-24(12-16)20(27)28-21(4,5)6/h16,23H,7-12H2,1-6H3,(H,22,26). The molecule has 2 rings (SSSR count). The minimum Gasteiger partial charge on any atom is -0.444 e. The Labute approximate surface area is 167 Å². The Kier molecular flexibility index (Phi) is 6.91. The molecular formula is C21H33N3O4. The van der Waals surface area contributed by atoms with Crippen molar-refractivity contribution >= 4 is 17.8 Å². The number of carbonyl (C=O) groups is 3. The molecule has 1 saturated heterocycles. The zero-order chi connectivity index (χ0) is 21.1. The first-order valence-corrected chi connectivity index (χ1v) is 9.95. The normalized spacial score (nSPS) is 17.4. The van der Waals surface area contributed by atoms with Crippen LogP contribution in [0.5, 0.6) is 0 Å². The number of nitrogens with one attached hydrogen (secondary N) is 2. The van der Waals surface area contributed by atoms with Gasteiger partial charge in [0.1, 0.15) is 11.3 Å². The third kappa shape index (κ3) is 5.59. The number of aryl methyl sites for hydroxylation is 1. The van der Waals surface area contributed by atoms with Crippen LogP contribution in [0, 0.1) is 19.8 Å². The van der Waals surface area contributed by atoms with Gasteiger partial charge in [0.15, 0.2) is 5.78 Å². The molecule has 2 heterocycles. The largest absolute Gasteiger partial charge is 0.444 e. The summed E-state index contributed by atoms with van der Waals surface area (Å²) in [5.41, 5.74) is 1.95. The van der Waals surface area contributed by atoms with E-state index in [-0.39, 0.29) is 17.8 Å². The number of H-pyrrole nitrogens is 1. The number of Topliss-reactive ketones (excluding diaryl/α,β-unsaturated/α-hetero) is 1. The summed E-state index contributed by atoms with van der Waals surface area (Å²) < 4.78 is 5.46. The van der Waals surface area contributed by atoms with E-state index in [4.69, 9.17) is 4.74 Å². The van der Waals surface area contributed by atoms with Crippen LogP contribution in [0.2, 0.25) is 0 Å². The fourth-order valence-corrected chi connectivity index (χ4v) is 3.78. The molecule has 1 unspecified atom stereocenters. The summed E-state index contributed by atoms with van der Waals surface area (Å²) in [6.45, 7) is 12.6. The average Bonchev–Trinajstić information content (AvgIpc) is 2.88. The van der Waals surface area contributed by atoms with Crippen molar-refractivity contribution in [2.75, 3.05) is 19.6 Å². The summed E-state index contributed by atoms with van der Waals surface area (Å²) in [7, 11) is 0. The zero-order valence-corrected chi connectivity index (χ0v) is 17.9. The van der Waals surface area contributed by atoms with Crippen molar-refractivity contribution in [3.63, 3.8) is 0 Å². The highest BCUT2D eigenvalue weighted by Crippen LogP contribution is 2.22. The Morgan fingerprint density at radius 1 is 1.25 bits per heavy atom. The molecular weight excluding hydrogens is 358 g/mol. The summed E-state index contributed by atoms with van der Waals surface area (Å²) in [5, 5.41) is 2.93. The van der Waals surface area contributed by atoms with Gasteiger partial charge in [-0.25, -0.2) is 4.79 Å². The SMILES string of the molecule is CC(=O)c1c(C)[nH]c(C(=O)NCCC2CCCN(C(=O)OC(C)(C)C)C2)c1C. The topological polar surface area (TPSA) is 91.5 Å². The quantitative estimate of drug-likeness (QED) is 0.750. The first-order valence-electron chi connectivity index (χ1n) is 9.95. The molecule has 1 aliphatic heterocycles. The third-order valence-electron chi connectivity index (χ3n) is 5.03. The number of hydrogen-bond acceptors (Lipinski definition) is 4. The molecule has 0 aromatic carbocycles. The number of ketones is 1. The molecule has 28 heavy (non-hydrogen) atoms. The van der Waals surface area contributed by atoms with Crippen LogP contribution in [0.3, 0.4) is 0 Å². The van der Waals surface area contributed by atoms with Gasteiger partial charge in [-0.15, -0.1) is 0 Å². The van der Waals surface area contributed by atoms with E-state index >= 15 is 0 Å². The predicted octanol–water partition coefficient (Wildman–Crippen LogP) is 3.60. The summed E-state index contributed by atoms with van der Waals surface area (Å²) in [6, 6.07) is 0. The number of amides is 2. The van der Waals surface area contributed by atoms with Gasteiger partial charge < -0.3 is 19.9 Å². The maximum atomic E-state index is 12.5. The highest BCUT2D eigenvalue weighted by atomic mass is 16.6. The Morgan fingerprint density at radius 2 is 1.93 bits per heavy atom. The van der Waals surface area contributed by atoms with Crippen LogP contribution < -0.4 is 5.32 Å². The van der Waals surface area contributed by atoms with Crippen molar-refractivity contribution in [1.82, 2.24) is 15.2 Å². The number of likely N-dealkylation sites (tertiary alicyclic amines) is 1. The number of piperidine rings is 1. The molecule has 7 nitrogen and oxygen atoms in total. The number of carbonyl (C=O) groups excluding carboxylic acids is 3. The van der Waals surface area contributed by atoms with Crippen molar-refractivity contribution in [3.05, 3.63) is 22.5 Å². The lowest BCUT2D eigenvalue weighted by Crippen LogP contribution is -2.43. The molecule has 1 aromatic heterocycles. The first kappa shape index (κ1) is 22.0. The Balaban J connectivity index is 1.86. The summed E-state index contributed by atoms with van der Waals surface area (Å²) in [5.74, 6) is 0.0865. The van der Waals surface area contributed by atoms with Crippen LogP contribution in [-0.2, 0) is 4.74 Å². The Morgan fingerprint density at radius 3 is 2.50 bits per heavy atom. The number of hydrogen-bond donors (Lipinski definition) is 2. The molecule has 7 heteroatoms. The van der Waals surface area contributed by atoms with E-state index in [9.17, 15) is 14.4 Å². The van der Waals surface area contributed by atoms with Gasteiger partial charge in [0, 0.05) is 30.9 Å². The van der Waals surface area contributed by atoms with Gasteiger partial charge in [-0.1, -0.05) is 0 Å². The third-order valence-corrected chi connectivity index (χ3v) is 5.03. The van der Waals surface area contributed by atoms with Gasteiger partial charge in [0.05, 0.1) is 0 Å². The van der Waals surface area contributed by atoms with Crippen molar-refractivity contribution < 1.29 is 19.1 Å². The van der Waals surface area contributed by atoms with E-state index in [1.54, 1.807) is 18.7 Å². The van der Waals surface area contributed by atoms with Crippen LogP contribution in [0.1, 0.15) is 79.1 Å². The zero-order valence-electron chi connectivity index (χ0n) is 17.9. The Bertz CT molecular complexity index is 746. The van der Waals surface area contributed by atoms with Crippen molar-refractivity contribution in [1.29, 1.82) is 0 Å². The number of nitrogens with zero attached hydrogens (tertiary/aromatic N) is 1. The molecule has 1 aliphatic rings. The van der Waals surface area contributed by atoms with Gasteiger partial charge in [-0.05, 0) is 72.3 Å². The molecule has 0 radical (unpaired) electrons. The molecule has 1 atom stereocenters. The highest BCUT2D eigenvalue weighted by Gasteiger charge is 2.27. The molecule has 0 saturated carbocycles. The van der Waals surface area contributed by atoms with E-state index in [0.29, 0.717) is 42.4 Å². The summed E-state index contributed by atoms with van der Waals surface area (Å²) in [6.07, 6.45) is 2.50. The van der Waals surface area contributed by atoms with Gasteiger partial charge in [0.2, 0.25) is 0 Å². The van der Waals surface area contributed by atoms with Crippen LogP contribution in [0.25, 0.3) is 0 Å². The average molecular weight is 392 g/mol. The fraction of sp³-hybridized carbons (Fsp3) is 0.667. The second kappa shape index (κ2) is 8.80. The molecule has 156 valence electrons. The Hall–Kier alpha value is -2.31. The predicted molar refractivity (Wildman–Crippen MR) is 108 cm³/mol.